The first kappa shape index (κ1) is 23.3. The van der Waals surface area contributed by atoms with Crippen molar-refractivity contribution >= 4 is 45.6 Å². The molecule has 0 aliphatic carbocycles. The molecule has 3 heterocycles. The van der Waals surface area contributed by atoms with Crippen molar-refractivity contribution < 1.29 is 14.3 Å². The molecule has 2 N–H and O–H groups in total. The third kappa shape index (κ3) is 4.82. The highest BCUT2D eigenvalue weighted by atomic mass is 32.1. The summed E-state index contributed by atoms with van der Waals surface area (Å²) >= 11 is 1.65. The van der Waals surface area contributed by atoms with Gasteiger partial charge in [-0.25, -0.2) is 9.67 Å². The molecule has 0 fully saturated rings. The van der Waals surface area contributed by atoms with E-state index >= 15 is 0 Å². The lowest BCUT2D eigenvalue weighted by Crippen LogP contribution is -2.15. The normalized spacial score (nSPS) is 10.8. The first-order valence-electron chi connectivity index (χ1n) is 11.2. The average Bonchev–Trinajstić information content (AvgIpc) is 3.55. The van der Waals surface area contributed by atoms with Crippen molar-refractivity contribution in [1.29, 1.82) is 0 Å². The van der Waals surface area contributed by atoms with Crippen LogP contribution in [0.2, 0.25) is 0 Å². The molecule has 0 atom stereocenters. The number of fused-ring (bicyclic) bond motifs is 1. The minimum Gasteiger partial charge on any atom is -0.495 e. The van der Waals surface area contributed by atoms with E-state index in [1.807, 2.05) is 36.6 Å². The van der Waals surface area contributed by atoms with Gasteiger partial charge in [-0.05, 0) is 60.8 Å². The number of pyridine rings is 1. The maximum atomic E-state index is 13.2. The fourth-order valence-corrected chi connectivity index (χ4v) is 4.56. The fraction of sp³-hybridized carbons (Fsp3) is 0.111. The van der Waals surface area contributed by atoms with Crippen LogP contribution in [0.1, 0.15) is 31.3 Å². The highest BCUT2D eigenvalue weighted by molar-refractivity contribution is 7.09. The molecular formula is C27H23N5O3S. The molecule has 0 saturated carbocycles. The second kappa shape index (κ2) is 10.0. The van der Waals surface area contributed by atoms with Gasteiger partial charge in [0.25, 0.3) is 11.8 Å². The lowest BCUT2D eigenvalue weighted by molar-refractivity contribution is 0.102. The number of carbonyl (C=O) groups is 2. The number of para-hydroxylation sites is 2. The number of carbonyl (C=O) groups excluding carboxylic acids is 2. The molecule has 0 bridgehead atoms. The predicted molar refractivity (Wildman–Crippen MR) is 141 cm³/mol. The molecule has 5 rings (SSSR count). The molecule has 9 heteroatoms. The largest absolute Gasteiger partial charge is 0.495 e. The highest BCUT2D eigenvalue weighted by Crippen LogP contribution is 2.25. The van der Waals surface area contributed by atoms with Crippen LogP contribution in [0.5, 0.6) is 5.75 Å². The summed E-state index contributed by atoms with van der Waals surface area (Å²) in [6.45, 7) is 2.45. The summed E-state index contributed by atoms with van der Waals surface area (Å²) in [7, 11) is 1.55. The Morgan fingerprint density at radius 3 is 2.56 bits per heavy atom. The van der Waals surface area contributed by atoms with Crippen LogP contribution in [0, 0.1) is 6.92 Å². The van der Waals surface area contributed by atoms with Crippen molar-refractivity contribution in [1.82, 2.24) is 14.8 Å². The molecule has 0 spiro atoms. The van der Waals surface area contributed by atoms with E-state index in [1.54, 1.807) is 71.8 Å². The number of amides is 2. The number of rotatable bonds is 7. The number of nitrogens with zero attached hydrogens (tertiary/aromatic N) is 3. The molecule has 0 saturated heterocycles. The molecule has 8 nitrogen and oxygen atoms in total. The van der Waals surface area contributed by atoms with Crippen molar-refractivity contribution in [2.45, 2.75) is 13.5 Å². The van der Waals surface area contributed by atoms with E-state index in [1.165, 1.54) is 0 Å². The van der Waals surface area contributed by atoms with Crippen molar-refractivity contribution in [2.75, 3.05) is 17.7 Å². The Hall–Kier alpha value is -4.50. The number of hydrogen-bond donors (Lipinski definition) is 2. The van der Waals surface area contributed by atoms with Crippen LogP contribution < -0.4 is 15.4 Å². The number of methoxy groups -OCH3 is 1. The topological polar surface area (TPSA) is 98.1 Å². The van der Waals surface area contributed by atoms with Gasteiger partial charge in [-0.3, -0.25) is 9.59 Å². The van der Waals surface area contributed by atoms with Gasteiger partial charge in [0.1, 0.15) is 5.75 Å². The maximum absolute atomic E-state index is 13.2. The Balaban J connectivity index is 1.32. The lowest BCUT2D eigenvalue weighted by atomic mass is 10.1. The summed E-state index contributed by atoms with van der Waals surface area (Å²) in [5.74, 6) is 0.0294. The second-order valence-electron chi connectivity index (χ2n) is 8.12. The Bertz CT molecular complexity index is 1540. The zero-order chi connectivity index (χ0) is 25.1. The van der Waals surface area contributed by atoms with E-state index in [0.717, 1.165) is 10.6 Å². The molecular weight excluding hydrogens is 474 g/mol. The molecule has 0 aliphatic heterocycles. The van der Waals surface area contributed by atoms with E-state index in [2.05, 4.69) is 20.7 Å². The Labute approximate surface area is 211 Å². The molecule has 180 valence electrons. The SMILES string of the molecule is COc1ccccc1NC(=O)c1ccc(NC(=O)c2cc(C)nc3c2cnn3Cc2cccs2)cc1. The van der Waals surface area contributed by atoms with Gasteiger partial charge in [0.2, 0.25) is 0 Å². The van der Waals surface area contributed by atoms with Crippen molar-refractivity contribution in [3.05, 3.63) is 100 Å². The molecule has 0 unspecified atom stereocenters. The minimum absolute atomic E-state index is 0.271. The van der Waals surface area contributed by atoms with Crippen molar-refractivity contribution in [3.63, 3.8) is 0 Å². The van der Waals surface area contributed by atoms with E-state index in [0.29, 0.717) is 45.8 Å². The third-order valence-corrected chi connectivity index (χ3v) is 6.49. The molecule has 2 amide bonds. The smallest absolute Gasteiger partial charge is 0.256 e. The molecule has 2 aromatic carbocycles. The number of aryl methyl sites for hydroxylation is 1. The monoisotopic (exact) mass is 497 g/mol. The average molecular weight is 498 g/mol. The Morgan fingerprint density at radius 1 is 1.00 bits per heavy atom. The zero-order valence-electron chi connectivity index (χ0n) is 19.7. The number of benzene rings is 2. The molecule has 5 aromatic rings. The fourth-order valence-electron chi connectivity index (χ4n) is 3.87. The quantitative estimate of drug-likeness (QED) is 0.315. The van der Waals surface area contributed by atoms with Gasteiger partial charge < -0.3 is 15.4 Å². The van der Waals surface area contributed by atoms with Gasteiger partial charge in [-0.15, -0.1) is 11.3 Å². The van der Waals surface area contributed by atoms with Gasteiger partial charge >= 0.3 is 0 Å². The van der Waals surface area contributed by atoms with Crippen molar-refractivity contribution in [3.8, 4) is 5.75 Å². The van der Waals surface area contributed by atoms with Crippen LogP contribution in [-0.4, -0.2) is 33.7 Å². The van der Waals surface area contributed by atoms with E-state index in [4.69, 9.17) is 4.74 Å². The van der Waals surface area contributed by atoms with Gasteiger partial charge in [0.05, 0.1) is 36.5 Å². The lowest BCUT2D eigenvalue weighted by Gasteiger charge is -2.11. The highest BCUT2D eigenvalue weighted by Gasteiger charge is 2.17. The Morgan fingerprint density at radius 2 is 1.81 bits per heavy atom. The number of nitrogens with one attached hydrogen (secondary N) is 2. The van der Waals surface area contributed by atoms with Crippen LogP contribution >= 0.6 is 11.3 Å². The number of thiophene rings is 1. The van der Waals surface area contributed by atoms with Crippen LogP contribution in [0.25, 0.3) is 11.0 Å². The van der Waals surface area contributed by atoms with E-state index in [-0.39, 0.29) is 11.8 Å². The minimum atomic E-state index is -0.276. The number of hydrogen-bond acceptors (Lipinski definition) is 6. The first-order chi connectivity index (χ1) is 17.5. The molecule has 0 radical (unpaired) electrons. The standard InChI is InChI=1S/C27H23N5O3S/c1-17-14-21(22-15-28-32(25(22)29-17)16-20-6-5-13-36-20)27(34)30-19-11-9-18(10-12-19)26(33)31-23-7-3-4-8-24(23)35-2/h3-15H,16H2,1-2H3,(H,30,34)(H,31,33). The summed E-state index contributed by atoms with van der Waals surface area (Å²) < 4.78 is 7.09. The molecule has 3 aromatic heterocycles. The first-order valence-corrected chi connectivity index (χ1v) is 12.1. The molecule has 0 aliphatic rings. The predicted octanol–water partition coefficient (Wildman–Crippen LogP) is 5.36. The summed E-state index contributed by atoms with van der Waals surface area (Å²) in [5.41, 5.74) is 3.49. The number of ether oxygens (including phenoxy) is 1. The van der Waals surface area contributed by atoms with Gasteiger partial charge in [-0.1, -0.05) is 18.2 Å². The van der Waals surface area contributed by atoms with Crippen LogP contribution in [0.15, 0.2) is 78.3 Å². The maximum Gasteiger partial charge on any atom is 0.256 e. The third-order valence-electron chi connectivity index (χ3n) is 5.63. The van der Waals surface area contributed by atoms with Crippen molar-refractivity contribution in [2.24, 2.45) is 0 Å². The van der Waals surface area contributed by atoms with Gasteiger partial charge in [-0.2, -0.15) is 5.10 Å². The zero-order valence-corrected chi connectivity index (χ0v) is 20.5. The van der Waals surface area contributed by atoms with Crippen LogP contribution in [0.4, 0.5) is 11.4 Å². The molecule has 36 heavy (non-hydrogen) atoms. The van der Waals surface area contributed by atoms with E-state index in [9.17, 15) is 9.59 Å². The second-order valence-corrected chi connectivity index (χ2v) is 9.15. The van der Waals surface area contributed by atoms with Crippen LogP contribution in [-0.2, 0) is 6.54 Å². The van der Waals surface area contributed by atoms with Crippen LogP contribution in [0.3, 0.4) is 0 Å². The van der Waals surface area contributed by atoms with E-state index < -0.39 is 0 Å². The van der Waals surface area contributed by atoms with Gasteiger partial charge in [0.15, 0.2) is 5.65 Å². The summed E-state index contributed by atoms with van der Waals surface area (Å²) in [6, 6.07) is 19.7. The number of anilines is 2. The summed E-state index contributed by atoms with van der Waals surface area (Å²) in [6.07, 6.45) is 1.68. The summed E-state index contributed by atoms with van der Waals surface area (Å²) in [4.78, 5) is 31.6. The number of aromatic nitrogens is 3. The Kier molecular flexibility index (Phi) is 6.46. The van der Waals surface area contributed by atoms with Gasteiger partial charge in [0, 0.05) is 21.8 Å². The summed E-state index contributed by atoms with van der Waals surface area (Å²) in [5, 5.41) is 12.9.